The van der Waals surface area contributed by atoms with Gasteiger partial charge in [0.25, 0.3) is 0 Å². The van der Waals surface area contributed by atoms with Gasteiger partial charge in [-0.15, -0.1) is 21.5 Å². The van der Waals surface area contributed by atoms with Crippen molar-refractivity contribution in [2.75, 3.05) is 5.73 Å². The Balaban J connectivity index is 1.68. The fourth-order valence-electron chi connectivity index (χ4n) is 3.39. The molecule has 0 unspecified atom stereocenters. The number of hydrogen-bond acceptors (Lipinski definition) is 10. The molecule has 2 aromatic rings. The van der Waals surface area contributed by atoms with E-state index in [1.807, 2.05) is 6.92 Å². The van der Waals surface area contributed by atoms with Crippen molar-refractivity contribution in [3.8, 4) is 6.07 Å². The topological polar surface area (TPSA) is 128 Å². The van der Waals surface area contributed by atoms with Gasteiger partial charge < -0.3 is 16.2 Å². The van der Waals surface area contributed by atoms with E-state index in [1.54, 1.807) is 23.1 Å². The highest BCUT2D eigenvalue weighted by atomic mass is 32.2. The summed E-state index contributed by atoms with van der Waals surface area (Å²) in [7, 11) is 0. The molecule has 3 heterocycles. The Hall–Kier alpha value is -2.35. The number of anilines is 1. The molecule has 0 spiro atoms. The Morgan fingerprint density at radius 2 is 2.18 bits per heavy atom. The van der Waals surface area contributed by atoms with Crippen LogP contribution in [0.2, 0.25) is 0 Å². The van der Waals surface area contributed by atoms with Crippen molar-refractivity contribution in [3.63, 3.8) is 0 Å². The first kappa shape index (κ1) is 19.0. The number of Topliss-reactive ketones (excluding diaryl/α,β-unsaturated/α-hetero) is 1. The van der Waals surface area contributed by atoms with E-state index in [1.165, 1.54) is 11.3 Å². The van der Waals surface area contributed by atoms with Gasteiger partial charge in [-0.2, -0.15) is 5.26 Å². The number of aromatic nitrogens is 2. The lowest BCUT2D eigenvalue weighted by Crippen LogP contribution is -2.27. The lowest BCUT2D eigenvalue weighted by molar-refractivity contribution is -0.116. The molecule has 28 heavy (non-hydrogen) atoms. The van der Waals surface area contributed by atoms with Crippen molar-refractivity contribution in [1.82, 2.24) is 10.2 Å². The summed E-state index contributed by atoms with van der Waals surface area (Å²) in [4.78, 5) is 14.7. The van der Waals surface area contributed by atoms with Crippen LogP contribution in [0.25, 0.3) is 0 Å². The van der Waals surface area contributed by atoms with Crippen molar-refractivity contribution in [2.45, 2.75) is 42.2 Å². The molecule has 0 aromatic carbocycles. The Labute approximate surface area is 174 Å². The number of nitriles is 1. The number of nitrogens with zero attached hydrogens (tertiary/aromatic N) is 3. The minimum atomic E-state index is -0.443. The molecule has 1 aliphatic carbocycles. The monoisotopic (exact) mass is 431 g/mol. The number of carbonyl (C=O) groups excluding carboxylic acids is 1. The zero-order valence-corrected chi connectivity index (χ0v) is 17.5. The van der Waals surface area contributed by atoms with Crippen LogP contribution in [0.15, 0.2) is 33.2 Å². The number of allylic oxidation sites excluding steroid dienone is 3. The van der Waals surface area contributed by atoms with Crippen LogP contribution >= 0.6 is 34.4 Å². The molecule has 0 saturated heterocycles. The van der Waals surface area contributed by atoms with Crippen molar-refractivity contribution >= 4 is 45.4 Å². The highest BCUT2D eigenvalue weighted by Gasteiger charge is 2.38. The lowest BCUT2D eigenvalue weighted by Gasteiger charge is -2.30. The normalized spacial score (nSPS) is 19.4. The van der Waals surface area contributed by atoms with Crippen molar-refractivity contribution in [1.29, 1.82) is 5.26 Å². The van der Waals surface area contributed by atoms with Gasteiger partial charge in [0.1, 0.15) is 17.4 Å². The largest absolute Gasteiger partial charge is 0.444 e. The summed E-state index contributed by atoms with van der Waals surface area (Å²) in [6, 6.07) is 4.22. The summed E-state index contributed by atoms with van der Waals surface area (Å²) >= 11 is 4.51. The minimum absolute atomic E-state index is 0.0396. The van der Waals surface area contributed by atoms with Gasteiger partial charge in [0, 0.05) is 33.9 Å². The SMILES string of the molecule is Cc1sc([C@H]2C(C#N)=C(N)OC3=C2C(=O)CCC3)cc1CSc1nnc(N)s1. The molecular formula is C18H17N5O2S3. The van der Waals surface area contributed by atoms with E-state index in [4.69, 9.17) is 16.2 Å². The van der Waals surface area contributed by atoms with E-state index in [-0.39, 0.29) is 11.7 Å². The highest BCUT2D eigenvalue weighted by molar-refractivity contribution is 8.00. The van der Waals surface area contributed by atoms with Gasteiger partial charge in [-0.25, -0.2) is 0 Å². The highest BCUT2D eigenvalue weighted by Crippen LogP contribution is 2.46. The van der Waals surface area contributed by atoms with E-state index >= 15 is 0 Å². The van der Waals surface area contributed by atoms with E-state index in [0.717, 1.165) is 26.1 Å². The van der Waals surface area contributed by atoms with Crippen LogP contribution in [-0.2, 0) is 15.3 Å². The zero-order valence-electron chi connectivity index (χ0n) is 15.0. The second-order valence-electron chi connectivity index (χ2n) is 6.46. The first-order chi connectivity index (χ1) is 13.5. The van der Waals surface area contributed by atoms with Crippen molar-refractivity contribution in [2.24, 2.45) is 5.73 Å². The maximum absolute atomic E-state index is 12.6. The lowest BCUT2D eigenvalue weighted by atomic mass is 9.80. The smallest absolute Gasteiger partial charge is 0.205 e. The van der Waals surface area contributed by atoms with Gasteiger partial charge in [0.05, 0.1) is 5.92 Å². The number of carbonyl (C=O) groups is 1. The standard InChI is InChI=1S/C18H17N5O2S3/c1-8-9(7-26-18-23-22-17(21)28-18)5-13(27-8)14-10(6-19)16(20)25-12-4-2-3-11(24)15(12)14/h5,14H,2-4,7,20H2,1H3,(H2,21,22)/t14-/m1/s1. The molecule has 0 amide bonds. The molecule has 0 saturated carbocycles. The van der Waals surface area contributed by atoms with Crippen LogP contribution in [-0.4, -0.2) is 16.0 Å². The van der Waals surface area contributed by atoms with Crippen LogP contribution in [0, 0.1) is 18.3 Å². The van der Waals surface area contributed by atoms with Crippen LogP contribution < -0.4 is 11.5 Å². The average molecular weight is 432 g/mol. The number of ketones is 1. The van der Waals surface area contributed by atoms with Gasteiger partial charge in [-0.3, -0.25) is 4.79 Å². The van der Waals surface area contributed by atoms with Gasteiger partial charge in [0.15, 0.2) is 10.1 Å². The predicted octanol–water partition coefficient (Wildman–Crippen LogP) is 3.60. The van der Waals surface area contributed by atoms with Gasteiger partial charge in [-0.05, 0) is 25.0 Å². The van der Waals surface area contributed by atoms with Crippen LogP contribution in [0.5, 0.6) is 0 Å². The van der Waals surface area contributed by atoms with E-state index in [2.05, 4.69) is 22.3 Å². The summed E-state index contributed by atoms with van der Waals surface area (Å²) in [5, 5.41) is 18.0. The zero-order chi connectivity index (χ0) is 19.8. The molecule has 0 radical (unpaired) electrons. The van der Waals surface area contributed by atoms with Crippen LogP contribution in [0.1, 0.15) is 40.5 Å². The fourth-order valence-corrected chi connectivity index (χ4v) is 6.34. The third-order valence-electron chi connectivity index (χ3n) is 4.70. The molecular weight excluding hydrogens is 414 g/mol. The number of nitrogen functional groups attached to an aromatic ring is 1. The average Bonchev–Trinajstić information content (AvgIpc) is 3.24. The third kappa shape index (κ3) is 3.41. The Kier molecular flexibility index (Phi) is 5.14. The van der Waals surface area contributed by atoms with Crippen molar-refractivity contribution in [3.05, 3.63) is 44.2 Å². The van der Waals surface area contributed by atoms with Gasteiger partial charge >= 0.3 is 0 Å². The quantitative estimate of drug-likeness (QED) is 0.703. The predicted molar refractivity (Wildman–Crippen MR) is 109 cm³/mol. The first-order valence-electron chi connectivity index (χ1n) is 8.62. The summed E-state index contributed by atoms with van der Waals surface area (Å²) < 4.78 is 6.44. The molecule has 7 nitrogen and oxygen atoms in total. The van der Waals surface area contributed by atoms with Crippen LogP contribution in [0.4, 0.5) is 5.13 Å². The maximum Gasteiger partial charge on any atom is 0.205 e. The van der Waals surface area contributed by atoms with E-state index < -0.39 is 5.92 Å². The number of ether oxygens (including phenoxy) is 1. The van der Waals surface area contributed by atoms with E-state index in [9.17, 15) is 10.1 Å². The number of thiophene rings is 1. The molecule has 2 aromatic heterocycles. The first-order valence-corrected chi connectivity index (χ1v) is 11.2. The van der Waals surface area contributed by atoms with Crippen molar-refractivity contribution < 1.29 is 9.53 Å². The Bertz CT molecular complexity index is 1060. The van der Waals surface area contributed by atoms with Gasteiger partial charge in [0.2, 0.25) is 11.0 Å². The second kappa shape index (κ2) is 7.58. The summed E-state index contributed by atoms with van der Waals surface area (Å²) in [5.41, 5.74) is 13.7. The molecule has 144 valence electrons. The fraction of sp³-hybridized carbons (Fsp3) is 0.333. The number of rotatable bonds is 4. The molecule has 4 N–H and O–H groups in total. The maximum atomic E-state index is 12.6. The Morgan fingerprint density at radius 3 is 2.89 bits per heavy atom. The summed E-state index contributed by atoms with van der Waals surface area (Å²) in [5.74, 6) is 1.02. The number of nitrogens with two attached hydrogens (primary N) is 2. The second-order valence-corrected chi connectivity index (χ2v) is 9.98. The summed E-state index contributed by atoms with van der Waals surface area (Å²) in [6.45, 7) is 2.04. The molecule has 0 fully saturated rings. The minimum Gasteiger partial charge on any atom is -0.444 e. The Morgan fingerprint density at radius 1 is 1.36 bits per heavy atom. The molecule has 0 bridgehead atoms. The summed E-state index contributed by atoms with van der Waals surface area (Å²) in [6.07, 6.45) is 1.89. The van der Waals surface area contributed by atoms with Gasteiger partial charge in [-0.1, -0.05) is 23.1 Å². The van der Waals surface area contributed by atoms with E-state index in [0.29, 0.717) is 40.6 Å². The molecule has 4 rings (SSSR count). The molecule has 2 aliphatic rings. The third-order valence-corrected chi connectivity index (χ3v) is 7.79. The molecule has 1 atom stereocenters. The number of aryl methyl sites for hydroxylation is 1. The van der Waals surface area contributed by atoms with Crippen LogP contribution in [0.3, 0.4) is 0 Å². The number of hydrogen-bond donors (Lipinski definition) is 2. The molecule has 1 aliphatic heterocycles. The molecule has 10 heteroatoms. The number of thioether (sulfide) groups is 1.